The van der Waals surface area contributed by atoms with Gasteiger partial charge in [0.25, 0.3) is 0 Å². The fraction of sp³-hybridized carbons (Fsp3) is 0.241. The Labute approximate surface area is 250 Å². The van der Waals surface area contributed by atoms with Crippen molar-refractivity contribution in [2.45, 2.75) is 44.2 Å². The summed E-state index contributed by atoms with van der Waals surface area (Å²) in [5.41, 5.74) is -0.179. The maximum absolute atomic E-state index is 16.1. The van der Waals surface area contributed by atoms with Crippen molar-refractivity contribution in [1.29, 1.82) is 0 Å². The zero-order valence-electron chi connectivity index (χ0n) is 22.6. The molecule has 44 heavy (non-hydrogen) atoms. The number of ether oxygens (including phenoxy) is 2. The van der Waals surface area contributed by atoms with E-state index in [1.165, 1.54) is 37.3 Å². The molecule has 0 aliphatic heterocycles. The molecule has 1 fully saturated rings. The minimum Gasteiger partial charge on any atom is -0.461 e. The Hall–Kier alpha value is -3.87. The fourth-order valence-corrected chi connectivity index (χ4v) is 7.01. The molecular formula is C29H22F6NO6PS. The van der Waals surface area contributed by atoms with Gasteiger partial charge in [0.05, 0.1) is 0 Å². The molecule has 0 amide bonds. The van der Waals surface area contributed by atoms with Crippen LogP contribution < -0.4 is 14.3 Å². The molecule has 232 valence electrons. The maximum atomic E-state index is 16.1. The minimum atomic E-state index is -4.55. The predicted molar refractivity (Wildman–Crippen MR) is 148 cm³/mol. The van der Waals surface area contributed by atoms with Gasteiger partial charge < -0.3 is 14.0 Å². The molecule has 1 unspecified atom stereocenters. The topological polar surface area (TPSA) is 90.9 Å². The second-order valence-corrected chi connectivity index (χ2v) is 13.0. The molecule has 1 heterocycles. The summed E-state index contributed by atoms with van der Waals surface area (Å²) in [7, 11) is -4.55. The van der Waals surface area contributed by atoms with Gasteiger partial charge in [-0.3, -0.25) is 9.36 Å². The Balaban J connectivity index is 1.41. The number of thiophene rings is 1. The summed E-state index contributed by atoms with van der Waals surface area (Å²) < 4.78 is 114. The van der Waals surface area contributed by atoms with Crippen LogP contribution in [0.15, 0.2) is 54.6 Å². The van der Waals surface area contributed by atoms with Gasteiger partial charge in [-0.05, 0) is 67.5 Å². The zero-order chi connectivity index (χ0) is 31.8. The number of fused-ring (bicyclic) bond motifs is 1. The van der Waals surface area contributed by atoms with E-state index in [1.54, 1.807) is 18.2 Å². The first-order valence-corrected chi connectivity index (χ1v) is 15.6. The van der Waals surface area contributed by atoms with Crippen LogP contribution in [0.1, 0.15) is 47.3 Å². The van der Waals surface area contributed by atoms with E-state index in [1.807, 2.05) is 0 Å². The number of rotatable bonds is 10. The highest BCUT2D eigenvalue weighted by Gasteiger charge is 2.41. The summed E-state index contributed by atoms with van der Waals surface area (Å²) in [6.07, 6.45) is 2.03. The third-order valence-corrected chi connectivity index (χ3v) is 9.95. The van der Waals surface area contributed by atoms with Gasteiger partial charge in [0.1, 0.15) is 22.8 Å². The van der Waals surface area contributed by atoms with E-state index in [4.69, 9.17) is 9.26 Å². The number of alkyl halides is 1. The van der Waals surface area contributed by atoms with Crippen LogP contribution in [-0.4, -0.2) is 24.1 Å². The van der Waals surface area contributed by atoms with Gasteiger partial charge in [0.2, 0.25) is 40.7 Å². The fourth-order valence-electron chi connectivity index (χ4n) is 4.18. The Bertz CT molecular complexity index is 1750. The average molecular weight is 658 g/mol. The summed E-state index contributed by atoms with van der Waals surface area (Å²) >= 11 is 0.726. The van der Waals surface area contributed by atoms with Crippen LogP contribution in [-0.2, 0) is 14.1 Å². The van der Waals surface area contributed by atoms with Gasteiger partial charge in [0, 0.05) is 4.70 Å². The van der Waals surface area contributed by atoms with E-state index in [2.05, 4.69) is 9.82 Å². The quantitative estimate of drug-likeness (QED) is 0.0460. The van der Waals surface area contributed by atoms with E-state index in [-0.39, 0.29) is 27.7 Å². The standard InChI is InChI=1S/C29H22F6NO6PS/c1-14(28(37)40-17-8-5-9-17)36-43(39,42-18-6-3-2-4-7-18)27(35)15-10-11-19-16(12-15)13-20(44-19)29(38)41-26-24(33)22(31)21(30)23(32)25(26)34/h2-4,6-7,10-14,17,27H,5,8-9H2,1H3,(H,36,39)/t14-,27-,43?/m0/s1. The number of halogens is 6. The van der Waals surface area contributed by atoms with Crippen LogP contribution in [0.4, 0.5) is 26.3 Å². The third-order valence-electron chi connectivity index (χ3n) is 6.73. The first-order chi connectivity index (χ1) is 20.9. The minimum absolute atomic E-state index is 0.0558. The first-order valence-electron chi connectivity index (χ1n) is 13.1. The molecule has 5 rings (SSSR count). The number of carbonyl (C=O) groups excluding carboxylic acids is 2. The van der Waals surface area contributed by atoms with Crippen molar-refractivity contribution in [1.82, 2.24) is 5.09 Å². The first kappa shape index (κ1) is 31.6. The lowest BCUT2D eigenvalue weighted by molar-refractivity contribution is -0.154. The summed E-state index contributed by atoms with van der Waals surface area (Å²) in [5, 5.41) is 2.67. The Morgan fingerprint density at radius 2 is 1.57 bits per heavy atom. The van der Waals surface area contributed by atoms with Crippen molar-refractivity contribution in [2.24, 2.45) is 0 Å². The van der Waals surface area contributed by atoms with Crippen molar-refractivity contribution in [3.05, 3.63) is 94.1 Å². The molecule has 0 radical (unpaired) electrons. The predicted octanol–water partition coefficient (Wildman–Crippen LogP) is 8.13. The molecule has 1 aliphatic rings. The number of hydrogen-bond acceptors (Lipinski definition) is 7. The number of carbonyl (C=O) groups is 2. The lowest BCUT2D eigenvalue weighted by Crippen LogP contribution is -2.38. The average Bonchev–Trinajstić information content (AvgIpc) is 3.42. The van der Waals surface area contributed by atoms with Crippen molar-refractivity contribution >= 4 is 40.9 Å². The van der Waals surface area contributed by atoms with E-state index in [9.17, 15) is 36.1 Å². The molecule has 0 spiro atoms. The highest BCUT2D eigenvalue weighted by molar-refractivity contribution is 7.57. The maximum Gasteiger partial charge on any atom is 0.355 e. The molecular weight excluding hydrogens is 635 g/mol. The summed E-state index contributed by atoms with van der Waals surface area (Å²) in [5.74, 6) is -17.9. The number of esters is 2. The molecule has 0 bridgehead atoms. The van der Waals surface area contributed by atoms with Crippen molar-refractivity contribution in [3.8, 4) is 11.5 Å². The molecule has 3 atom stereocenters. The smallest absolute Gasteiger partial charge is 0.355 e. The van der Waals surface area contributed by atoms with Gasteiger partial charge in [-0.25, -0.2) is 27.4 Å². The lowest BCUT2D eigenvalue weighted by atomic mass is 9.96. The zero-order valence-corrected chi connectivity index (χ0v) is 24.3. The number of nitrogens with one attached hydrogen (secondary N) is 1. The normalized spacial score (nSPS) is 16.1. The van der Waals surface area contributed by atoms with Crippen LogP contribution in [0.25, 0.3) is 10.1 Å². The second-order valence-electron chi connectivity index (χ2n) is 9.87. The van der Waals surface area contributed by atoms with Gasteiger partial charge in [-0.1, -0.05) is 24.3 Å². The monoisotopic (exact) mass is 657 g/mol. The van der Waals surface area contributed by atoms with Gasteiger partial charge >= 0.3 is 19.5 Å². The van der Waals surface area contributed by atoms with Gasteiger partial charge in [-0.15, -0.1) is 11.3 Å². The van der Waals surface area contributed by atoms with Crippen molar-refractivity contribution in [3.63, 3.8) is 0 Å². The number of para-hydroxylation sites is 1. The van der Waals surface area contributed by atoms with Gasteiger partial charge in [0.15, 0.2) is 0 Å². The molecule has 4 aromatic rings. The highest BCUT2D eigenvalue weighted by Crippen LogP contribution is 2.58. The highest BCUT2D eigenvalue weighted by atomic mass is 32.1. The molecule has 1 aliphatic carbocycles. The number of hydrogen-bond donors (Lipinski definition) is 1. The Morgan fingerprint density at radius 1 is 0.932 bits per heavy atom. The second kappa shape index (κ2) is 12.6. The van der Waals surface area contributed by atoms with Crippen molar-refractivity contribution in [2.75, 3.05) is 0 Å². The number of benzene rings is 3. The van der Waals surface area contributed by atoms with E-state index >= 15 is 4.39 Å². The van der Waals surface area contributed by atoms with E-state index < -0.39 is 66.2 Å². The molecule has 3 aromatic carbocycles. The molecule has 7 nitrogen and oxygen atoms in total. The van der Waals surface area contributed by atoms with Crippen LogP contribution >= 0.6 is 18.9 Å². The Kier molecular flexibility index (Phi) is 9.05. The van der Waals surface area contributed by atoms with E-state index in [0.717, 1.165) is 23.8 Å². The summed E-state index contributed by atoms with van der Waals surface area (Å²) in [6.45, 7) is 1.36. The molecule has 1 saturated carbocycles. The summed E-state index contributed by atoms with van der Waals surface area (Å²) in [6, 6.07) is 11.5. The van der Waals surface area contributed by atoms with Crippen LogP contribution in [0.3, 0.4) is 0 Å². The van der Waals surface area contributed by atoms with Crippen LogP contribution in [0.2, 0.25) is 0 Å². The van der Waals surface area contributed by atoms with Crippen LogP contribution in [0.5, 0.6) is 11.5 Å². The summed E-state index contributed by atoms with van der Waals surface area (Å²) in [4.78, 5) is 24.8. The largest absolute Gasteiger partial charge is 0.461 e. The van der Waals surface area contributed by atoms with Crippen LogP contribution in [0, 0.1) is 29.1 Å². The molecule has 1 N–H and O–H groups in total. The molecule has 15 heteroatoms. The van der Waals surface area contributed by atoms with Gasteiger partial charge in [-0.2, -0.15) is 8.78 Å². The Morgan fingerprint density at radius 3 is 2.18 bits per heavy atom. The van der Waals surface area contributed by atoms with E-state index in [0.29, 0.717) is 17.5 Å². The third kappa shape index (κ3) is 6.33. The lowest BCUT2D eigenvalue weighted by Gasteiger charge is -2.29. The molecule has 0 saturated heterocycles. The molecule has 1 aromatic heterocycles. The SMILES string of the molecule is C[C@H](NP(=O)(Oc1ccccc1)[C@H](F)c1ccc2sc(C(=O)Oc3c(F)c(F)c(F)c(F)c3F)cc2c1)C(=O)OC1CCC1. The van der Waals surface area contributed by atoms with Crippen molar-refractivity contribution < 1.29 is 54.5 Å².